The molecule has 0 saturated carbocycles. The van der Waals surface area contributed by atoms with Crippen LogP contribution in [0.1, 0.15) is 27.9 Å². The lowest BCUT2D eigenvalue weighted by Gasteiger charge is -2.03. The lowest BCUT2D eigenvalue weighted by atomic mass is 10.3. The van der Waals surface area contributed by atoms with E-state index in [1.54, 1.807) is 26.3 Å². The molecular weight excluding hydrogens is 276 g/mol. The number of hydrogen-bond acceptors (Lipinski definition) is 5. The number of rotatable bonds is 4. The van der Waals surface area contributed by atoms with Gasteiger partial charge in [0.05, 0.1) is 17.9 Å². The second-order valence-electron chi connectivity index (χ2n) is 4.02. The molecule has 5 nitrogen and oxygen atoms in total. The zero-order chi connectivity index (χ0) is 14.5. The first-order valence-electron chi connectivity index (χ1n) is 6.21. The zero-order valence-electron chi connectivity index (χ0n) is 11.6. The molecule has 0 aromatic carbocycles. The van der Waals surface area contributed by atoms with Crippen molar-refractivity contribution in [3.05, 3.63) is 40.7 Å². The van der Waals surface area contributed by atoms with Crippen molar-refractivity contribution >= 4 is 28.1 Å². The van der Waals surface area contributed by atoms with Gasteiger partial charge in [0.15, 0.2) is 11.6 Å². The van der Waals surface area contributed by atoms with E-state index in [4.69, 9.17) is 9.15 Å². The monoisotopic (exact) mass is 292 g/mol. The number of thiophene rings is 1. The van der Waals surface area contributed by atoms with Crippen LogP contribution in [0.4, 0.5) is 5.00 Å². The average Bonchev–Trinajstić information content (AvgIpc) is 3.05. The minimum Gasteiger partial charge on any atom is -0.462 e. The summed E-state index contributed by atoms with van der Waals surface area (Å²) >= 11 is 1.34. The van der Waals surface area contributed by atoms with Crippen molar-refractivity contribution in [2.45, 2.75) is 13.8 Å². The highest BCUT2D eigenvalue weighted by Crippen LogP contribution is 2.27. The normalized spacial score (nSPS) is 11.4. The van der Waals surface area contributed by atoms with Gasteiger partial charge in [-0.3, -0.25) is 4.99 Å². The van der Waals surface area contributed by atoms with Gasteiger partial charge in [0.1, 0.15) is 4.88 Å². The summed E-state index contributed by atoms with van der Waals surface area (Å²) in [7, 11) is 1.68. The van der Waals surface area contributed by atoms with Gasteiger partial charge in [0.25, 0.3) is 0 Å². The number of nitrogens with one attached hydrogen (secondary N) is 1. The van der Waals surface area contributed by atoms with Gasteiger partial charge in [-0.2, -0.15) is 0 Å². The van der Waals surface area contributed by atoms with E-state index in [0.29, 0.717) is 23.1 Å². The smallest absolute Gasteiger partial charge is 0.348 e. The van der Waals surface area contributed by atoms with Crippen molar-refractivity contribution in [2.75, 3.05) is 19.0 Å². The number of esters is 1. The Labute approximate surface area is 121 Å². The molecular formula is C14H16N2O3S. The van der Waals surface area contributed by atoms with E-state index in [1.165, 1.54) is 11.3 Å². The van der Waals surface area contributed by atoms with E-state index in [1.807, 2.05) is 19.1 Å². The first-order valence-corrected chi connectivity index (χ1v) is 7.02. The molecule has 20 heavy (non-hydrogen) atoms. The fourth-order valence-electron chi connectivity index (χ4n) is 1.70. The van der Waals surface area contributed by atoms with Gasteiger partial charge < -0.3 is 14.5 Å². The maximum Gasteiger partial charge on any atom is 0.348 e. The molecule has 0 fully saturated rings. The van der Waals surface area contributed by atoms with Gasteiger partial charge in [-0.1, -0.05) is 0 Å². The maximum absolute atomic E-state index is 11.8. The Balaban J connectivity index is 2.18. The lowest BCUT2D eigenvalue weighted by Crippen LogP contribution is -2.11. The van der Waals surface area contributed by atoms with Gasteiger partial charge in [-0.05, 0) is 37.6 Å². The molecule has 2 heterocycles. The Hall–Kier alpha value is -2.08. The number of carbonyl (C=O) groups excluding carboxylic acids is 1. The van der Waals surface area contributed by atoms with Crippen LogP contribution < -0.4 is 5.32 Å². The van der Waals surface area contributed by atoms with E-state index < -0.39 is 0 Å². The second kappa shape index (κ2) is 6.38. The molecule has 6 heteroatoms. The Morgan fingerprint density at radius 2 is 2.35 bits per heavy atom. The van der Waals surface area contributed by atoms with Gasteiger partial charge in [0, 0.05) is 7.05 Å². The van der Waals surface area contributed by atoms with Crippen molar-refractivity contribution in [1.29, 1.82) is 0 Å². The minimum atomic E-state index is -0.295. The lowest BCUT2D eigenvalue weighted by molar-refractivity contribution is 0.0531. The Bertz CT molecular complexity index is 614. The van der Waals surface area contributed by atoms with E-state index in [9.17, 15) is 4.79 Å². The summed E-state index contributed by atoms with van der Waals surface area (Å²) in [5, 5.41) is 3.98. The molecule has 0 amide bonds. The predicted molar refractivity (Wildman–Crippen MR) is 79.8 cm³/mol. The zero-order valence-corrected chi connectivity index (χ0v) is 12.4. The van der Waals surface area contributed by atoms with Crippen LogP contribution in [0.5, 0.6) is 0 Å². The molecule has 2 aromatic rings. The van der Waals surface area contributed by atoms with Crippen LogP contribution >= 0.6 is 11.3 Å². The highest BCUT2D eigenvalue weighted by Gasteiger charge is 2.16. The summed E-state index contributed by atoms with van der Waals surface area (Å²) in [6.07, 6.45) is 1.59. The molecule has 1 N–H and O–H groups in total. The number of anilines is 1. The molecule has 2 rings (SSSR count). The van der Waals surface area contributed by atoms with Crippen LogP contribution in [0.3, 0.4) is 0 Å². The van der Waals surface area contributed by atoms with E-state index in [-0.39, 0.29) is 5.97 Å². The number of carbonyl (C=O) groups is 1. The Morgan fingerprint density at radius 3 is 2.95 bits per heavy atom. The summed E-state index contributed by atoms with van der Waals surface area (Å²) in [4.78, 5) is 16.5. The third-order valence-corrected chi connectivity index (χ3v) is 3.73. The molecule has 0 unspecified atom stereocenters. The van der Waals surface area contributed by atoms with Gasteiger partial charge in [0.2, 0.25) is 0 Å². The second-order valence-corrected chi connectivity index (χ2v) is 5.07. The minimum absolute atomic E-state index is 0.295. The summed E-state index contributed by atoms with van der Waals surface area (Å²) < 4.78 is 10.3. The van der Waals surface area contributed by atoms with Gasteiger partial charge in [-0.15, -0.1) is 11.3 Å². The van der Waals surface area contributed by atoms with Crippen LogP contribution in [0.15, 0.2) is 33.9 Å². The molecule has 0 spiro atoms. The fourth-order valence-corrected chi connectivity index (χ4v) is 2.67. The molecule has 0 radical (unpaired) electrons. The highest BCUT2D eigenvalue weighted by atomic mass is 32.1. The third-order valence-electron chi connectivity index (χ3n) is 2.60. The largest absolute Gasteiger partial charge is 0.462 e. The number of aryl methyl sites for hydroxylation is 1. The molecule has 0 aliphatic rings. The van der Waals surface area contributed by atoms with E-state index >= 15 is 0 Å². The molecule has 0 bridgehead atoms. The average molecular weight is 292 g/mol. The topological polar surface area (TPSA) is 63.8 Å². The summed E-state index contributed by atoms with van der Waals surface area (Å²) in [5.41, 5.74) is 0.880. The molecule has 0 aliphatic carbocycles. The molecule has 0 aliphatic heterocycles. The van der Waals surface area contributed by atoms with Gasteiger partial charge >= 0.3 is 5.97 Å². The summed E-state index contributed by atoms with van der Waals surface area (Å²) in [6.45, 7) is 4.04. The maximum atomic E-state index is 11.8. The van der Waals surface area contributed by atoms with Gasteiger partial charge in [-0.25, -0.2) is 4.79 Å². The van der Waals surface area contributed by atoms with Crippen LogP contribution in [0.2, 0.25) is 0 Å². The number of furan rings is 1. The van der Waals surface area contributed by atoms with Crippen LogP contribution in [-0.4, -0.2) is 25.5 Å². The number of hydrogen-bond donors (Lipinski definition) is 1. The summed E-state index contributed by atoms with van der Waals surface area (Å²) in [6, 6.07) is 5.51. The number of aliphatic imine (C=N–C) groups is 1. The first-order chi connectivity index (χ1) is 9.65. The van der Waals surface area contributed by atoms with Crippen LogP contribution in [0, 0.1) is 6.92 Å². The quantitative estimate of drug-likeness (QED) is 0.533. The van der Waals surface area contributed by atoms with Crippen molar-refractivity contribution in [3.8, 4) is 0 Å². The number of nitrogens with zero attached hydrogens (tertiary/aromatic N) is 1. The van der Waals surface area contributed by atoms with Crippen LogP contribution in [0.25, 0.3) is 0 Å². The number of ether oxygens (including phenoxy) is 1. The summed E-state index contributed by atoms with van der Waals surface area (Å²) in [5.74, 6) is 0.971. The van der Waals surface area contributed by atoms with Crippen molar-refractivity contribution in [3.63, 3.8) is 0 Å². The number of amidine groups is 1. The Kier molecular flexibility index (Phi) is 4.57. The highest BCUT2D eigenvalue weighted by molar-refractivity contribution is 7.18. The van der Waals surface area contributed by atoms with Crippen LogP contribution in [-0.2, 0) is 4.74 Å². The fraction of sp³-hybridized carbons (Fsp3) is 0.286. The van der Waals surface area contributed by atoms with E-state index in [2.05, 4.69) is 10.3 Å². The molecule has 106 valence electrons. The standard InChI is InChI=1S/C14H16N2O3S/c1-4-18-14(17)12-9(2)8-11(20-12)16-13(15-3)10-6-5-7-19-10/h5-8H,4H2,1-3H3,(H,15,16). The molecule has 2 aromatic heterocycles. The van der Waals surface area contributed by atoms with Crippen molar-refractivity contribution in [2.24, 2.45) is 4.99 Å². The Morgan fingerprint density at radius 1 is 1.55 bits per heavy atom. The first kappa shape index (κ1) is 14.3. The van der Waals surface area contributed by atoms with Crippen molar-refractivity contribution < 1.29 is 13.9 Å². The predicted octanol–water partition coefficient (Wildman–Crippen LogP) is 3.31. The third kappa shape index (κ3) is 3.08. The SMILES string of the molecule is CCOC(=O)c1sc(NC(=NC)c2ccco2)cc1C. The molecule has 0 saturated heterocycles. The van der Waals surface area contributed by atoms with E-state index in [0.717, 1.165) is 10.6 Å². The molecule has 0 atom stereocenters. The van der Waals surface area contributed by atoms with Crippen molar-refractivity contribution in [1.82, 2.24) is 0 Å².